The van der Waals surface area contributed by atoms with Crippen LogP contribution >= 0.6 is 11.6 Å². The van der Waals surface area contributed by atoms with Crippen molar-refractivity contribution in [3.63, 3.8) is 0 Å². The summed E-state index contributed by atoms with van der Waals surface area (Å²) in [5, 5.41) is 2.87. The molecular formula is C19H27ClFN3O3. The Labute approximate surface area is 164 Å². The highest BCUT2D eigenvalue weighted by Crippen LogP contribution is 2.37. The van der Waals surface area contributed by atoms with Gasteiger partial charge in [-0.25, -0.2) is 14.2 Å². The van der Waals surface area contributed by atoms with Crippen LogP contribution < -0.4 is 5.32 Å². The molecule has 2 fully saturated rings. The zero-order chi connectivity index (χ0) is 19.1. The van der Waals surface area contributed by atoms with Crippen molar-refractivity contribution in [3.05, 3.63) is 28.8 Å². The number of pyridine rings is 1. The van der Waals surface area contributed by atoms with Crippen molar-refractivity contribution in [2.75, 3.05) is 0 Å². The number of carbonyl (C=O) groups excluding carboxylic acids is 2. The zero-order valence-corrected chi connectivity index (χ0v) is 15.8. The fourth-order valence-electron chi connectivity index (χ4n) is 3.75. The van der Waals surface area contributed by atoms with Crippen molar-refractivity contribution in [1.82, 2.24) is 15.2 Å². The number of nitrogens with one attached hydrogen (secondary N) is 1. The lowest BCUT2D eigenvalue weighted by molar-refractivity contribution is 0.00500. The van der Waals surface area contributed by atoms with Gasteiger partial charge in [0, 0.05) is 18.1 Å². The fourth-order valence-corrected chi connectivity index (χ4v) is 3.94. The number of carbonyl (C=O) groups is 2. The molecule has 2 aliphatic rings. The maximum absolute atomic E-state index is 13.3. The smallest absolute Gasteiger partial charge is 0.410 e. The summed E-state index contributed by atoms with van der Waals surface area (Å²) in [4.78, 5) is 30.3. The quantitative estimate of drug-likeness (QED) is 0.757. The second-order valence-corrected chi connectivity index (χ2v) is 8.26. The predicted molar refractivity (Wildman–Crippen MR) is 101 cm³/mol. The van der Waals surface area contributed by atoms with Gasteiger partial charge in [-0.3, -0.25) is 4.79 Å². The van der Waals surface area contributed by atoms with Gasteiger partial charge in [-0.2, -0.15) is 0 Å². The van der Waals surface area contributed by atoms with Gasteiger partial charge in [0.2, 0.25) is 0 Å². The SMILES string of the molecule is C.CC(C)(C)OC(=O)N1[C@@H]2CC[C@H]1CC(NC(=O)c1cc(F)cnc1Cl)C2. The van der Waals surface area contributed by atoms with E-state index in [1.807, 2.05) is 25.7 Å². The molecule has 1 aromatic rings. The predicted octanol–water partition coefficient (Wildman–Crippen LogP) is 4.17. The monoisotopic (exact) mass is 399 g/mol. The molecule has 0 radical (unpaired) electrons. The largest absolute Gasteiger partial charge is 0.444 e. The van der Waals surface area contributed by atoms with Crippen LogP contribution in [0.2, 0.25) is 5.15 Å². The van der Waals surface area contributed by atoms with Crippen LogP contribution in [0, 0.1) is 5.82 Å². The van der Waals surface area contributed by atoms with Crippen molar-refractivity contribution < 1.29 is 18.7 Å². The van der Waals surface area contributed by atoms with Crippen LogP contribution in [0.4, 0.5) is 9.18 Å². The number of hydrogen-bond donors (Lipinski definition) is 1. The van der Waals surface area contributed by atoms with E-state index in [-0.39, 0.29) is 42.4 Å². The van der Waals surface area contributed by atoms with E-state index in [0.717, 1.165) is 25.1 Å². The van der Waals surface area contributed by atoms with Crippen LogP contribution in [0.25, 0.3) is 0 Å². The van der Waals surface area contributed by atoms with E-state index < -0.39 is 17.3 Å². The molecule has 150 valence electrons. The minimum Gasteiger partial charge on any atom is -0.444 e. The molecule has 8 heteroatoms. The number of piperidine rings is 1. The molecule has 6 nitrogen and oxygen atoms in total. The Hall–Kier alpha value is -1.89. The highest BCUT2D eigenvalue weighted by Gasteiger charge is 2.45. The van der Waals surface area contributed by atoms with Crippen LogP contribution in [-0.2, 0) is 4.74 Å². The number of halogens is 2. The molecule has 0 aromatic carbocycles. The molecule has 1 aromatic heterocycles. The van der Waals surface area contributed by atoms with Crippen LogP contribution in [-0.4, -0.2) is 45.6 Å². The number of rotatable bonds is 2. The summed E-state index contributed by atoms with van der Waals surface area (Å²) < 4.78 is 18.8. The first kappa shape index (κ1) is 21.4. The number of amides is 2. The van der Waals surface area contributed by atoms with E-state index in [2.05, 4.69) is 10.3 Å². The lowest BCUT2D eigenvalue weighted by Gasteiger charge is -2.39. The maximum Gasteiger partial charge on any atom is 0.410 e. The first-order valence-corrected chi connectivity index (χ1v) is 9.15. The van der Waals surface area contributed by atoms with Gasteiger partial charge in [0.05, 0.1) is 11.8 Å². The van der Waals surface area contributed by atoms with E-state index in [1.165, 1.54) is 0 Å². The van der Waals surface area contributed by atoms with Crippen molar-refractivity contribution in [2.45, 2.75) is 77.6 Å². The summed E-state index contributed by atoms with van der Waals surface area (Å²) in [5.41, 5.74) is -0.517. The van der Waals surface area contributed by atoms with Crippen LogP contribution in [0.15, 0.2) is 12.3 Å². The Morgan fingerprint density at radius 2 is 1.89 bits per heavy atom. The molecule has 2 saturated heterocycles. The number of hydrogen-bond acceptors (Lipinski definition) is 4. The normalized spacial score (nSPS) is 24.2. The number of nitrogens with zero attached hydrogens (tertiary/aromatic N) is 2. The van der Waals surface area contributed by atoms with Gasteiger partial charge < -0.3 is 15.0 Å². The minimum absolute atomic E-state index is 0. The molecule has 3 atom stereocenters. The Morgan fingerprint density at radius 1 is 1.30 bits per heavy atom. The summed E-state index contributed by atoms with van der Waals surface area (Å²) in [6.07, 6.45) is 3.73. The molecule has 2 amide bonds. The molecular weight excluding hydrogens is 373 g/mol. The van der Waals surface area contributed by atoms with Crippen LogP contribution in [0.5, 0.6) is 0 Å². The van der Waals surface area contributed by atoms with E-state index in [1.54, 1.807) is 0 Å². The highest BCUT2D eigenvalue weighted by molar-refractivity contribution is 6.32. The van der Waals surface area contributed by atoms with Gasteiger partial charge in [-0.05, 0) is 52.5 Å². The number of ether oxygens (including phenoxy) is 1. The zero-order valence-electron chi connectivity index (χ0n) is 15.1. The first-order valence-electron chi connectivity index (χ1n) is 8.77. The second-order valence-electron chi connectivity index (χ2n) is 7.91. The van der Waals surface area contributed by atoms with E-state index in [0.29, 0.717) is 12.8 Å². The molecule has 1 unspecified atom stereocenters. The lowest BCUT2D eigenvalue weighted by atomic mass is 9.97. The average molecular weight is 400 g/mol. The molecule has 2 bridgehead atoms. The molecule has 2 aliphatic heterocycles. The maximum atomic E-state index is 13.3. The average Bonchev–Trinajstić information content (AvgIpc) is 2.79. The van der Waals surface area contributed by atoms with Gasteiger partial charge in [0.25, 0.3) is 5.91 Å². The minimum atomic E-state index is -0.612. The van der Waals surface area contributed by atoms with Crippen LogP contribution in [0.1, 0.15) is 64.2 Å². The van der Waals surface area contributed by atoms with Crippen molar-refractivity contribution in [1.29, 1.82) is 0 Å². The second kappa shape index (κ2) is 8.00. The molecule has 0 spiro atoms. The summed E-state index contributed by atoms with van der Waals surface area (Å²) in [5.74, 6) is -1.06. The van der Waals surface area contributed by atoms with E-state index in [9.17, 15) is 14.0 Å². The third kappa shape index (κ3) is 4.89. The molecule has 27 heavy (non-hydrogen) atoms. The number of aromatic nitrogens is 1. The Balaban J connectivity index is 0.00000261. The van der Waals surface area contributed by atoms with Crippen molar-refractivity contribution >= 4 is 23.6 Å². The van der Waals surface area contributed by atoms with E-state index >= 15 is 0 Å². The summed E-state index contributed by atoms with van der Waals surface area (Å²) >= 11 is 5.90. The van der Waals surface area contributed by atoms with E-state index in [4.69, 9.17) is 16.3 Å². The Morgan fingerprint density at radius 3 is 2.44 bits per heavy atom. The van der Waals surface area contributed by atoms with Gasteiger partial charge >= 0.3 is 6.09 Å². The van der Waals surface area contributed by atoms with Gasteiger partial charge in [0.15, 0.2) is 0 Å². The molecule has 1 N–H and O–H groups in total. The van der Waals surface area contributed by atoms with Crippen LogP contribution in [0.3, 0.4) is 0 Å². The fraction of sp³-hybridized carbons (Fsp3) is 0.632. The molecule has 0 saturated carbocycles. The summed E-state index contributed by atoms with van der Waals surface area (Å²) in [7, 11) is 0. The third-order valence-electron chi connectivity index (χ3n) is 4.72. The topological polar surface area (TPSA) is 71.5 Å². The Kier molecular flexibility index (Phi) is 6.35. The Bertz CT molecular complexity index is 709. The molecule has 3 heterocycles. The molecule has 3 rings (SSSR count). The number of fused-ring (bicyclic) bond motifs is 2. The highest BCUT2D eigenvalue weighted by atomic mass is 35.5. The molecule has 0 aliphatic carbocycles. The van der Waals surface area contributed by atoms with Gasteiger partial charge in [-0.15, -0.1) is 0 Å². The van der Waals surface area contributed by atoms with Crippen molar-refractivity contribution in [3.8, 4) is 0 Å². The first-order chi connectivity index (χ1) is 12.1. The standard InChI is InChI=1S/C18H23ClFN3O3.CH4/c1-18(2,3)26-17(25)23-12-4-5-13(23)8-11(7-12)22-16(24)14-6-10(20)9-21-15(14)19;/h6,9,11-13H,4-5,7-8H2,1-3H3,(H,22,24);1H4/t11?,12-,13+;. The third-order valence-corrected chi connectivity index (χ3v) is 5.02. The summed E-state index contributed by atoms with van der Waals surface area (Å²) in [6.45, 7) is 5.53. The lowest BCUT2D eigenvalue weighted by Crippen LogP contribution is -2.53. The van der Waals surface area contributed by atoms with Gasteiger partial charge in [-0.1, -0.05) is 19.0 Å². The van der Waals surface area contributed by atoms with Crippen molar-refractivity contribution in [2.24, 2.45) is 0 Å². The summed E-state index contributed by atoms with van der Waals surface area (Å²) in [6, 6.07) is 1.05. The van der Waals surface area contributed by atoms with Gasteiger partial charge in [0.1, 0.15) is 16.6 Å².